The number of nitrogens with zero attached hydrogens (tertiary/aromatic N) is 2. The van der Waals surface area contributed by atoms with Crippen LogP contribution in [0.2, 0.25) is 0 Å². The fourth-order valence-electron chi connectivity index (χ4n) is 4.82. The molecule has 180 valence electrons. The van der Waals surface area contributed by atoms with Gasteiger partial charge in [0.25, 0.3) is 17.7 Å². The van der Waals surface area contributed by atoms with E-state index in [0.29, 0.717) is 47.1 Å². The number of hydrogen-bond acceptors (Lipinski definition) is 6. The van der Waals surface area contributed by atoms with Crippen LogP contribution in [-0.2, 0) is 9.59 Å². The van der Waals surface area contributed by atoms with Gasteiger partial charge in [-0.05, 0) is 37.5 Å². The van der Waals surface area contributed by atoms with Crippen molar-refractivity contribution >= 4 is 40.1 Å². The fraction of sp³-hybridized carbons (Fsp3) is 0.440. The van der Waals surface area contributed by atoms with E-state index in [-0.39, 0.29) is 30.2 Å². The second-order valence-electron chi connectivity index (χ2n) is 8.77. The van der Waals surface area contributed by atoms with E-state index in [0.717, 1.165) is 32.1 Å². The Kier molecular flexibility index (Phi) is 7.12. The molecule has 1 atom stereocenters. The van der Waals surface area contributed by atoms with Gasteiger partial charge >= 0.3 is 0 Å². The minimum atomic E-state index is -0.576. The van der Waals surface area contributed by atoms with Crippen molar-refractivity contribution in [3.63, 3.8) is 0 Å². The van der Waals surface area contributed by atoms with Crippen LogP contribution in [0.1, 0.15) is 66.2 Å². The first-order valence-electron chi connectivity index (χ1n) is 11.9. The second-order valence-corrected chi connectivity index (χ2v) is 8.77. The standard InChI is InChI=1S/C25H31N5O4/c1-2-3-4-5-13-30-24(33)17-9-6-8-16-19(12-11-18(22(16)17)25(30)34)27-28-23(32)20-10-7-14-29(20)21(31)15-26/h6,8-9,11-12,20,27H,2-5,7,10,13-15,26H2,1H3,(H,28,32)/t20-/m0/s1. The Bertz CT molecular complexity index is 1110. The molecule has 0 aromatic heterocycles. The third-order valence-electron chi connectivity index (χ3n) is 6.60. The first-order chi connectivity index (χ1) is 16.5. The molecule has 0 bridgehead atoms. The minimum absolute atomic E-state index is 0.135. The normalized spacial score (nSPS) is 17.4. The second kappa shape index (κ2) is 10.2. The number of carbonyl (C=O) groups excluding carboxylic acids is 4. The van der Waals surface area contributed by atoms with Gasteiger partial charge in [-0.2, -0.15) is 0 Å². The number of amides is 4. The van der Waals surface area contributed by atoms with Gasteiger partial charge in [-0.25, -0.2) is 0 Å². The molecule has 2 aliphatic rings. The lowest BCUT2D eigenvalue weighted by molar-refractivity contribution is -0.137. The van der Waals surface area contributed by atoms with E-state index in [1.807, 2.05) is 6.07 Å². The summed E-state index contributed by atoms with van der Waals surface area (Å²) in [4.78, 5) is 53.9. The Morgan fingerprint density at radius 2 is 1.82 bits per heavy atom. The van der Waals surface area contributed by atoms with Gasteiger partial charge in [-0.1, -0.05) is 38.3 Å². The average molecular weight is 466 g/mol. The topological polar surface area (TPSA) is 125 Å². The van der Waals surface area contributed by atoms with Crippen LogP contribution < -0.4 is 16.6 Å². The number of unbranched alkanes of at least 4 members (excludes halogenated alkanes) is 3. The number of nitrogens with one attached hydrogen (secondary N) is 2. The monoisotopic (exact) mass is 465 g/mol. The van der Waals surface area contributed by atoms with E-state index in [9.17, 15) is 19.2 Å². The van der Waals surface area contributed by atoms with Crippen molar-refractivity contribution in [1.29, 1.82) is 0 Å². The summed E-state index contributed by atoms with van der Waals surface area (Å²) in [5, 5.41) is 1.26. The molecule has 1 saturated heterocycles. The predicted molar refractivity (Wildman–Crippen MR) is 129 cm³/mol. The van der Waals surface area contributed by atoms with E-state index >= 15 is 0 Å². The summed E-state index contributed by atoms with van der Waals surface area (Å²) in [6.07, 6.45) is 5.22. The zero-order valence-corrected chi connectivity index (χ0v) is 19.4. The van der Waals surface area contributed by atoms with Gasteiger partial charge in [0.1, 0.15) is 6.04 Å². The molecule has 0 unspecified atom stereocenters. The highest BCUT2D eigenvalue weighted by Gasteiger charge is 2.34. The lowest BCUT2D eigenvalue weighted by Gasteiger charge is -2.28. The van der Waals surface area contributed by atoms with Crippen LogP contribution in [0.15, 0.2) is 30.3 Å². The molecule has 2 heterocycles. The Balaban J connectivity index is 1.54. The maximum Gasteiger partial charge on any atom is 0.261 e. The molecule has 4 amide bonds. The fourth-order valence-corrected chi connectivity index (χ4v) is 4.82. The molecule has 2 aromatic rings. The number of hydrazine groups is 1. The quantitative estimate of drug-likeness (QED) is 0.297. The van der Waals surface area contributed by atoms with Gasteiger partial charge in [0, 0.05) is 35.0 Å². The van der Waals surface area contributed by atoms with E-state index in [4.69, 9.17) is 5.73 Å². The molecule has 9 heteroatoms. The highest BCUT2D eigenvalue weighted by molar-refractivity contribution is 6.26. The number of hydrogen-bond donors (Lipinski definition) is 3. The number of carbonyl (C=O) groups is 4. The highest BCUT2D eigenvalue weighted by Crippen LogP contribution is 2.34. The maximum absolute atomic E-state index is 13.1. The van der Waals surface area contributed by atoms with E-state index < -0.39 is 6.04 Å². The van der Waals surface area contributed by atoms with Crippen LogP contribution in [0, 0.1) is 0 Å². The number of imide groups is 1. The zero-order chi connectivity index (χ0) is 24.2. The SMILES string of the molecule is CCCCCCN1C(=O)c2cccc3c(NNC(=O)[C@@H]4CCCN4C(=O)CN)ccc(c23)C1=O. The van der Waals surface area contributed by atoms with Crippen molar-refractivity contribution in [1.82, 2.24) is 15.2 Å². The molecular weight excluding hydrogens is 434 g/mol. The largest absolute Gasteiger partial charge is 0.330 e. The lowest BCUT2D eigenvalue weighted by Crippen LogP contribution is -2.49. The van der Waals surface area contributed by atoms with Crippen molar-refractivity contribution in [3.8, 4) is 0 Å². The molecule has 0 saturated carbocycles. The summed E-state index contributed by atoms with van der Waals surface area (Å²) in [6.45, 7) is 2.90. The van der Waals surface area contributed by atoms with Crippen LogP contribution in [-0.4, -0.2) is 59.1 Å². The summed E-state index contributed by atoms with van der Waals surface area (Å²) in [6, 6.07) is 8.16. The molecule has 9 nitrogen and oxygen atoms in total. The number of benzene rings is 2. The van der Waals surface area contributed by atoms with Crippen LogP contribution in [0.4, 0.5) is 5.69 Å². The van der Waals surface area contributed by atoms with Crippen molar-refractivity contribution in [2.75, 3.05) is 25.1 Å². The highest BCUT2D eigenvalue weighted by atomic mass is 16.2. The third kappa shape index (κ3) is 4.35. The van der Waals surface area contributed by atoms with Gasteiger partial charge in [0.2, 0.25) is 5.91 Å². The first kappa shape index (κ1) is 23.7. The van der Waals surface area contributed by atoms with Crippen molar-refractivity contribution in [2.24, 2.45) is 5.73 Å². The van der Waals surface area contributed by atoms with E-state index in [1.165, 1.54) is 9.80 Å². The van der Waals surface area contributed by atoms with Gasteiger partial charge in [-0.15, -0.1) is 0 Å². The summed E-state index contributed by atoms with van der Waals surface area (Å²) in [7, 11) is 0. The van der Waals surface area contributed by atoms with E-state index in [1.54, 1.807) is 24.3 Å². The predicted octanol–water partition coefficient (Wildman–Crippen LogP) is 2.41. The Morgan fingerprint density at radius 3 is 2.56 bits per heavy atom. The summed E-state index contributed by atoms with van der Waals surface area (Å²) in [5.41, 5.74) is 12.6. The Hall–Kier alpha value is -3.46. The molecule has 34 heavy (non-hydrogen) atoms. The third-order valence-corrected chi connectivity index (χ3v) is 6.60. The smallest absolute Gasteiger partial charge is 0.261 e. The average Bonchev–Trinajstić information content (AvgIpc) is 3.35. The molecule has 1 fully saturated rings. The Labute approximate surface area is 198 Å². The molecule has 4 rings (SSSR count). The first-order valence-corrected chi connectivity index (χ1v) is 11.9. The van der Waals surface area contributed by atoms with Crippen LogP contribution in [0.25, 0.3) is 10.8 Å². The van der Waals surface area contributed by atoms with Crippen molar-refractivity contribution in [3.05, 3.63) is 41.5 Å². The van der Waals surface area contributed by atoms with Gasteiger partial charge < -0.3 is 10.6 Å². The Morgan fingerprint density at radius 1 is 1.06 bits per heavy atom. The minimum Gasteiger partial charge on any atom is -0.330 e. The van der Waals surface area contributed by atoms with Crippen LogP contribution in [0.5, 0.6) is 0 Å². The molecule has 2 aliphatic heterocycles. The number of anilines is 1. The van der Waals surface area contributed by atoms with Gasteiger partial charge in [0.15, 0.2) is 0 Å². The van der Waals surface area contributed by atoms with Crippen LogP contribution >= 0.6 is 0 Å². The maximum atomic E-state index is 13.1. The summed E-state index contributed by atoms with van der Waals surface area (Å²) in [5.74, 6) is -1.16. The molecule has 2 aromatic carbocycles. The zero-order valence-electron chi connectivity index (χ0n) is 19.4. The number of likely N-dealkylation sites (tertiary alicyclic amines) is 1. The molecular formula is C25H31N5O4. The number of nitrogens with two attached hydrogens (primary N) is 1. The van der Waals surface area contributed by atoms with Crippen molar-refractivity contribution in [2.45, 2.75) is 51.5 Å². The van der Waals surface area contributed by atoms with Crippen molar-refractivity contribution < 1.29 is 19.2 Å². The van der Waals surface area contributed by atoms with E-state index in [2.05, 4.69) is 17.8 Å². The molecule has 0 radical (unpaired) electrons. The summed E-state index contributed by atoms with van der Waals surface area (Å²) >= 11 is 0. The lowest BCUT2D eigenvalue weighted by atomic mass is 9.93. The molecule has 0 aliphatic carbocycles. The molecule has 0 spiro atoms. The number of rotatable bonds is 9. The molecule has 4 N–H and O–H groups in total. The van der Waals surface area contributed by atoms with Crippen LogP contribution in [0.3, 0.4) is 0 Å². The summed E-state index contributed by atoms with van der Waals surface area (Å²) < 4.78 is 0. The van der Waals surface area contributed by atoms with Gasteiger partial charge in [0.05, 0.1) is 12.2 Å². The van der Waals surface area contributed by atoms with Gasteiger partial charge in [-0.3, -0.25) is 34.9 Å².